The summed E-state index contributed by atoms with van der Waals surface area (Å²) >= 11 is 0. The fraction of sp³-hybridized carbons (Fsp3) is 0.857. The van der Waals surface area contributed by atoms with Gasteiger partial charge in [-0.25, -0.2) is 4.79 Å². The molecule has 0 bridgehead atoms. The molecule has 0 aliphatic carbocycles. The first kappa shape index (κ1) is 12.2. The first-order chi connectivity index (χ1) is 6.02. The normalized spacial score (nSPS) is 12.7. The van der Waals surface area contributed by atoms with Crippen LogP contribution >= 0.6 is 0 Å². The van der Waals surface area contributed by atoms with Crippen molar-refractivity contribution in [3.63, 3.8) is 0 Å². The molecule has 0 radical (unpaired) electrons. The topological polar surface area (TPSA) is 79.8 Å². The number of nitrogens with one attached hydrogen (secondary N) is 2. The van der Waals surface area contributed by atoms with Gasteiger partial charge in [0.2, 0.25) is 0 Å². The largest absolute Gasteiger partial charge is 0.428 e. The van der Waals surface area contributed by atoms with E-state index in [4.69, 9.17) is 9.94 Å². The Labute approximate surface area is 77.1 Å². The molecule has 0 aliphatic rings. The van der Waals surface area contributed by atoms with Gasteiger partial charge in [-0.15, -0.1) is 0 Å². The molecule has 0 saturated heterocycles. The summed E-state index contributed by atoms with van der Waals surface area (Å²) in [6.07, 6.45) is -1.37. The lowest BCUT2D eigenvalue weighted by Crippen LogP contribution is -2.35. The van der Waals surface area contributed by atoms with E-state index in [-0.39, 0.29) is 12.6 Å². The highest BCUT2D eigenvalue weighted by molar-refractivity contribution is 5.66. The highest BCUT2D eigenvalue weighted by atomic mass is 16.9. The van der Waals surface area contributed by atoms with Crippen molar-refractivity contribution in [2.24, 2.45) is 0 Å². The zero-order chi connectivity index (χ0) is 10.3. The summed E-state index contributed by atoms with van der Waals surface area (Å²) in [6, 6.07) is 0. The summed E-state index contributed by atoms with van der Waals surface area (Å²) in [6.45, 7) is 5.26. The van der Waals surface area contributed by atoms with E-state index in [1.165, 1.54) is 0 Å². The smallest absolute Gasteiger partial charge is 0.392 e. The number of carbonyl (C=O) groups excluding carboxylic acids is 1. The second-order valence-corrected chi connectivity index (χ2v) is 2.87. The van der Waals surface area contributed by atoms with Gasteiger partial charge in [-0.3, -0.25) is 4.84 Å². The number of aliphatic hydroxyl groups excluding tert-OH is 1. The van der Waals surface area contributed by atoms with Crippen LogP contribution in [0.25, 0.3) is 0 Å². The van der Waals surface area contributed by atoms with Crippen LogP contribution in [0.1, 0.15) is 20.8 Å². The van der Waals surface area contributed by atoms with E-state index < -0.39 is 12.2 Å². The van der Waals surface area contributed by atoms with Crippen LogP contribution in [0.15, 0.2) is 0 Å². The number of rotatable bonds is 5. The Morgan fingerprint density at radius 1 is 1.46 bits per heavy atom. The summed E-state index contributed by atoms with van der Waals surface area (Å²) in [7, 11) is 0. The van der Waals surface area contributed by atoms with Crippen molar-refractivity contribution in [3.8, 4) is 0 Å². The minimum absolute atomic E-state index is 0.0791. The Bertz CT molecular complexity index is 149. The van der Waals surface area contributed by atoms with Crippen LogP contribution in [-0.2, 0) is 9.68 Å². The lowest BCUT2D eigenvalue weighted by atomic mass is 10.4. The van der Waals surface area contributed by atoms with Gasteiger partial charge in [0, 0.05) is 6.54 Å². The lowest BCUT2D eigenvalue weighted by Gasteiger charge is -2.09. The fourth-order valence-electron chi connectivity index (χ4n) is 0.425. The SMILES string of the molecule is CC(O)CNC(=O)ONOC(C)C. The highest BCUT2D eigenvalue weighted by Gasteiger charge is 2.03. The van der Waals surface area contributed by atoms with Crippen molar-refractivity contribution >= 4 is 6.09 Å². The van der Waals surface area contributed by atoms with Crippen LogP contribution in [0.2, 0.25) is 0 Å². The second kappa shape index (κ2) is 6.64. The van der Waals surface area contributed by atoms with Crippen molar-refractivity contribution in [3.05, 3.63) is 0 Å². The summed E-state index contributed by atoms with van der Waals surface area (Å²) in [5.41, 5.74) is 2.01. The molecule has 0 aromatic heterocycles. The molecule has 0 aromatic rings. The average Bonchev–Trinajstić information content (AvgIpc) is 2.00. The Morgan fingerprint density at radius 2 is 2.08 bits per heavy atom. The molecule has 0 rings (SSSR count). The average molecular weight is 192 g/mol. The summed E-state index contributed by atoms with van der Waals surface area (Å²) in [5, 5.41) is 11.1. The number of hydrogen-bond acceptors (Lipinski definition) is 5. The Morgan fingerprint density at radius 3 is 2.54 bits per heavy atom. The minimum atomic E-state index is -0.693. The first-order valence-corrected chi connectivity index (χ1v) is 4.05. The molecular formula is C7H16N2O4. The number of hydrogen-bond donors (Lipinski definition) is 3. The van der Waals surface area contributed by atoms with Crippen molar-refractivity contribution in [1.82, 2.24) is 11.0 Å². The number of aliphatic hydroxyl groups is 1. The molecular weight excluding hydrogens is 176 g/mol. The van der Waals surface area contributed by atoms with Gasteiger partial charge in [-0.1, -0.05) is 0 Å². The molecule has 6 nitrogen and oxygen atoms in total. The van der Waals surface area contributed by atoms with Gasteiger partial charge in [0.1, 0.15) is 0 Å². The first-order valence-electron chi connectivity index (χ1n) is 4.05. The molecule has 0 spiro atoms. The quantitative estimate of drug-likeness (QED) is 0.532. The maximum Gasteiger partial charge on any atom is 0.428 e. The van der Waals surface area contributed by atoms with Gasteiger partial charge in [-0.05, 0) is 26.4 Å². The summed E-state index contributed by atoms with van der Waals surface area (Å²) in [5.74, 6) is 0. The summed E-state index contributed by atoms with van der Waals surface area (Å²) in [4.78, 5) is 19.8. The standard InChI is InChI=1S/C7H16N2O4/c1-5(2)12-9-13-7(11)8-4-6(3)10/h5-6,9-10H,4H2,1-3H3,(H,8,11). The van der Waals surface area contributed by atoms with Crippen LogP contribution in [0.3, 0.4) is 0 Å². The Balaban J connectivity index is 3.30. The van der Waals surface area contributed by atoms with E-state index in [9.17, 15) is 4.79 Å². The third-order valence-electron chi connectivity index (χ3n) is 0.960. The van der Waals surface area contributed by atoms with Crippen molar-refractivity contribution in [2.75, 3.05) is 6.54 Å². The fourth-order valence-corrected chi connectivity index (χ4v) is 0.425. The maximum atomic E-state index is 10.7. The van der Waals surface area contributed by atoms with Gasteiger partial charge in [-0.2, -0.15) is 0 Å². The molecule has 6 heteroatoms. The third-order valence-corrected chi connectivity index (χ3v) is 0.960. The highest BCUT2D eigenvalue weighted by Crippen LogP contribution is 1.83. The van der Waals surface area contributed by atoms with Gasteiger partial charge in [0.15, 0.2) is 0 Å². The third kappa shape index (κ3) is 9.06. The molecule has 0 heterocycles. The number of amides is 1. The number of carbonyl (C=O) groups is 1. The van der Waals surface area contributed by atoms with Crippen LogP contribution in [0.5, 0.6) is 0 Å². The minimum Gasteiger partial charge on any atom is -0.392 e. The van der Waals surface area contributed by atoms with E-state index in [2.05, 4.69) is 10.2 Å². The zero-order valence-corrected chi connectivity index (χ0v) is 8.03. The predicted molar refractivity (Wildman–Crippen MR) is 45.5 cm³/mol. The molecule has 1 amide bonds. The van der Waals surface area contributed by atoms with Gasteiger partial charge in [0.25, 0.3) is 0 Å². The lowest BCUT2D eigenvalue weighted by molar-refractivity contribution is -0.154. The van der Waals surface area contributed by atoms with Gasteiger partial charge >= 0.3 is 6.09 Å². The van der Waals surface area contributed by atoms with Crippen LogP contribution in [0, 0.1) is 0 Å². The molecule has 78 valence electrons. The molecule has 3 N–H and O–H groups in total. The molecule has 0 fully saturated rings. The second-order valence-electron chi connectivity index (χ2n) is 2.87. The zero-order valence-electron chi connectivity index (χ0n) is 8.03. The molecule has 0 saturated carbocycles. The molecule has 1 unspecified atom stereocenters. The Kier molecular flexibility index (Phi) is 6.21. The molecule has 0 aliphatic heterocycles. The van der Waals surface area contributed by atoms with Crippen LogP contribution in [-0.4, -0.2) is 30.0 Å². The van der Waals surface area contributed by atoms with Crippen LogP contribution in [0.4, 0.5) is 4.79 Å². The molecule has 13 heavy (non-hydrogen) atoms. The predicted octanol–water partition coefficient (Wildman–Crippen LogP) is -0.0620. The van der Waals surface area contributed by atoms with E-state index in [1.807, 2.05) is 5.64 Å². The van der Waals surface area contributed by atoms with E-state index in [0.29, 0.717) is 0 Å². The van der Waals surface area contributed by atoms with Crippen molar-refractivity contribution in [2.45, 2.75) is 33.0 Å². The van der Waals surface area contributed by atoms with E-state index >= 15 is 0 Å². The van der Waals surface area contributed by atoms with E-state index in [0.717, 1.165) is 0 Å². The van der Waals surface area contributed by atoms with Gasteiger partial charge in [0.05, 0.1) is 12.2 Å². The van der Waals surface area contributed by atoms with Gasteiger partial charge < -0.3 is 15.3 Å². The Hall–Kier alpha value is -0.850. The summed E-state index contributed by atoms with van der Waals surface area (Å²) < 4.78 is 0. The van der Waals surface area contributed by atoms with Crippen molar-refractivity contribution < 1.29 is 19.6 Å². The molecule has 1 atom stereocenters. The maximum absolute atomic E-state index is 10.7. The van der Waals surface area contributed by atoms with Crippen LogP contribution < -0.4 is 11.0 Å². The monoisotopic (exact) mass is 192 g/mol. The van der Waals surface area contributed by atoms with Crippen molar-refractivity contribution in [1.29, 1.82) is 0 Å². The van der Waals surface area contributed by atoms with E-state index in [1.54, 1.807) is 20.8 Å². The molecule has 0 aromatic carbocycles.